The van der Waals surface area contributed by atoms with Crippen molar-refractivity contribution < 1.29 is 49.8 Å². The number of fused-ring (bicyclic) bond motifs is 1. The predicted molar refractivity (Wildman–Crippen MR) is 106 cm³/mol. The first-order valence-corrected chi connectivity index (χ1v) is 10.2. The average molecular weight is 464 g/mol. The van der Waals surface area contributed by atoms with Crippen molar-refractivity contribution >= 4 is 28.7 Å². The highest BCUT2D eigenvalue weighted by Crippen LogP contribution is 2.33. The van der Waals surface area contributed by atoms with Crippen molar-refractivity contribution in [2.75, 3.05) is 6.61 Å². The maximum Gasteiger partial charge on any atom is 0.225 e. The van der Waals surface area contributed by atoms with Gasteiger partial charge in [-0.3, -0.25) is 4.79 Å². The molecule has 6 atom stereocenters. The second-order valence-corrected chi connectivity index (χ2v) is 7.82. The zero-order valence-corrected chi connectivity index (χ0v) is 17.4. The molecule has 12 nitrogen and oxygen atoms in total. The van der Waals surface area contributed by atoms with E-state index in [0.717, 1.165) is 0 Å². The number of carbonyl (C=O) groups is 3. The highest BCUT2D eigenvalue weighted by atomic mass is 16.6. The van der Waals surface area contributed by atoms with Gasteiger partial charge in [-0.1, -0.05) is 18.2 Å². The van der Waals surface area contributed by atoms with Crippen LogP contribution < -0.4 is 15.5 Å². The average Bonchev–Trinajstić information content (AvgIpc) is 3.13. The largest absolute Gasteiger partial charge is 0.550 e. The second-order valence-electron chi connectivity index (χ2n) is 7.82. The number of carbonyl (C=O) groups excluding carboxylic acids is 3. The van der Waals surface area contributed by atoms with E-state index in [2.05, 4.69) is 5.32 Å². The van der Waals surface area contributed by atoms with Crippen LogP contribution in [0, 0.1) is 0 Å². The molecule has 0 aliphatic carbocycles. The Bertz CT molecular complexity index is 1020. The molecular weight excluding hydrogens is 440 g/mol. The van der Waals surface area contributed by atoms with Gasteiger partial charge in [-0.05, 0) is 24.5 Å². The summed E-state index contributed by atoms with van der Waals surface area (Å²) in [7, 11) is 0. The Hall–Kier alpha value is -3.03. The third-order valence-electron chi connectivity index (χ3n) is 5.57. The van der Waals surface area contributed by atoms with Gasteiger partial charge in [-0.15, -0.1) is 0 Å². The number of hydrogen-bond donors (Lipinski definition) is 5. The Balaban J connectivity index is 1.86. The first kappa shape index (κ1) is 24.6. The van der Waals surface area contributed by atoms with E-state index in [4.69, 9.17) is 4.74 Å². The van der Waals surface area contributed by atoms with E-state index in [9.17, 15) is 45.0 Å². The van der Waals surface area contributed by atoms with Gasteiger partial charge in [0.15, 0.2) is 6.23 Å². The Kier molecular flexibility index (Phi) is 7.66. The molecule has 0 spiro atoms. The SMILES string of the molecule is O=C([O-])CC[C@H](NC(=O)Cc1cn([C@@H]2O[C@H](CO)[C@@H](O)[C@H](O)[C@H]2O)c2ccccc12)C(=O)[O-]. The monoisotopic (exact) mass is 464 g/mol. The maximum absolute atomic E-state index is 12.5. The molecule has 1 aromatic heterocycles. The fourth-order valence-corrected chi connectivity index (χ4v) is 3.87. The molecule has 33 heavy (non-hydrogen) atoms. The molecule has 12 heteroatoms. The second kappa shape index (κ2) is 10.3. The number of benzene rings is 1. The number of ether oxygens (including phenoxy) is 1. The number of hydrogen-bond acceptors (Lipinski definition) is 10. The van der Waals surface area contributed by atoms with Crippen LogP contribution in [0.1, 0.15) is 24.6 Å². The van der Waals surface area contributed by atoms with Crippen LogP contribution >= 0.6 is 0 Å². The molecule has 0 radical (unpaired) electrons. The summed E-state index contributed by atoms with van der Waals surface area (Å²) in [6, 6.07) is 5.23. The number of amides is 1. The summed E-state index contributed by atoms with van der Waals surface area (Å²) < 4.78 is 7.05. The van der Waals surface area contributed by atoms with Gasteiger partial charge < -0.3 is 54.8 Å². The molecule has 0 bridgehead atoms. The first-order chi connectivity index (χ1) is 15.6. The van der Waals surface area contributed by atoms with Crippen molar-refractivity contribution in [2.24, 2.45) is 0 Å². The minimum atomic E-state index is -1.63. The molecule has 1 amide bonds. The standard InChI is InChI=1S/C21H26N2O10/c24-9-14-17(28)18(29)19(30)20(33-14)23-8-10(11-3-1-2-4-13(11)23)7-15(25)22-12(21(31)32)5-6-16(26)27/h1-4,8,12,14,17-20,24,28-30H,5-7,9H2,(H,22,25)(H,26,27)(H,31,32)/p-2/t12-,14+,17+,18-,19+,20+/m0/s1. The fourth-order valence-electron chi connectivity index (χ4n) is 3.87. The third kappa shape index (κ3) is 5.31. The molecule has 1 aromatic carbocycles. The normalized spacial score (nSPS) is 26.1. The molecule has 2 aromatic rings. The van der Waals surface area contributed by atoms with E-state index in [1.54, 1.807) is 24.3 Å². The summed E-state index contributed by atoms with van der Waals surface area (Å²) in [5.41, 5.74) is 0.940. The maximum atomic E-state index is 12.5. The minimum absolute atomic E-state index is 0.292. The van der Waals surface area contributed by atoms with Crippen LogP contribution in [0.3, 0.4) is 0 Å². The topological polar surface area (TPSA) is 204 Å². The van der Waals surface area contributed by atoms with E-state index in [0.29, 0.717) is 16.5 Å². The number of nitrogens with zero attached hydrogens (tertiary/aromatic N) is 1. The number of aliphatic carboxylic acids is 2. The molecule has 1 aliphatic rings. The lowest BCUT2D eigenvalue weighted by Gasteiger charge is -2.40. The van der Waals surface area contributed by atoms with Gasteiger partial charge in [0.05, 0.1) is 30.6 Å². The molecule has 1 aliphatic heterocycles. The summed E-state index contributed by atoms with van der Waals surface area (Å²) in [6.45, 7) is -0.605. The number of nitrogens with one attached hydrogen (secondary N) is 1. The predicted octanol–water partition coefficient (Wildman–Crippen LogP) is -4.08. The lowest BCUT2D eigenvalue weighted by Crippen LogP contribution is -2.56. The van der Waals surface area contributed by atoms with Crippen molar-refractivity contribution in [3.63, 3.8) is 0 Å². The van der Waals surface area contributed by atoms with Gasteiger partial charge in [-0.2, -0.15) is 0 Å². The summed E-state index contributed by atoms with van der Waals surface area (Å²) in [6.07, 6.45) is -6.79. The van der Waals surface area contributed by atoms with Crippen molar-refractivity contribution in [2.45, 2.75) is 55.9 Å². The summed E-state index contributed by atoms with van der Waals surface area (Å²) >= 11 is 0. The Morgan fingerprint density at radius 1 is 1.09 bits per heavy atom. The number of para-hydroxylation sites is 1. The van der Waals surface area contributed by atoms with E-state index < -0.39 is 74.0 Å². The molecule has 180 valence electrons. The number of aliphatic hydroxyl groups excluding tert-OH is 4. The van der Waals surface area contributed by atoms with Gasteiger partial charge in [0.25, 0.3) is 0 Å². The lowest BCUT2D eigenvalue weighted by atomic mass is 9.98. The minimum Gasteiger partial charge on any atom is -0.550 e. The molecule has 5 N–H and O–H groups in total. The van der Waals surface area contributed by atoms with Gasteiger partial charge in [-0.25, -0.2) is 0 Å². The van der Waals surface area contributed by atoms with E-state index in [1.807, 2.05) is 0 Å². The van der Waals surface area contributed by atoms with Gasteiger partial charge in [0.2, 0.25) is 5.91 Å². The Labute approximate surface area is 187 Å². The molecule has 1 saturated heterocycles. The van der Waals surface area contributed by atoms with Crippen LogP contribution in [0.25, 0.3) is 10.9 Å². The van der Waals surface area contributed by atoms with Gasteiger partial charge in [0.1, 0.15) is 24.4 Å². The van der Waals surface area contributed by atoms with Crippen LogP contribution in [0.2, 0.25) is 0 Å². The van der Waals surface area contributed by atoms with E-state index >= 15 is 0 Å². The highest BCUT2D eigenvalue weighted by Gasteiger charge is 2.44. The fraction of sp³-hybridized carbons (Fsp3) is 0.476. The molecule has 0 unspecified atom stereocenters. The zero-order valence-electron chi connectivity index (χ0n) is 17.4. The van der Waals surface area contributed by atoms with E-state index in [1.165, 1.54) is 10.8 Å². The van der Waals surface area contributed by atoms with Crippen LogP contribution in [-0.4, -0.2) is 79.9 Å². The molecule has 1 fully saturated rings. The third-order valence-corrected chi connectivity index (χ3v) is 5.57. The van der Waals surface area contributed by atoms with Crippen molar-refractivity contribution in [1.29, 1.82) is 0 Å². The number of aliphatic hydroxyl groups is 4. The number of aromatic nitrogens is 1. The molecular formula is C21H24N2O10-2. The highest BCUT2D eigenvalue weighted by molar-refractivity contribution is 5.91. The van der Waals surface area contributed by atoms with Crippen molar-refractivity contribution in [1.82, 2.24) is 9.88 Å². The summed E-state index contributed by atoms with van der Waals surface area (Å²) in [5, 5.41) is 64.7. The summed E-state index contributed by atoms with van der Waals surface area (Å²) in [4.78, 5) is 34.3. The number of carboxylic acids is 2. The quantitative estimate of drug-likeness (QED) is 0.243. The van der Waals surface area contributed by atoms with Crippen LogP contribution in [0.15, 0.2) is 30.5 Å². The van der Waals surface area contributed by atoms with Gasteiger partial charge in [0, 0.05) is 17.6 Å². The Morgan fingerprint density at radius 2 is 1.79 bits per heavy atom. The smallest absolute Gasteiger partial charge is 0.225 e. The molecule has 0 saturated carbocycles. The molecule has 2 heterocycles. The molecule has 3 rings (SSSR count). The summed E-state index contributed by atoms with van der Waals surface area (Å²) in [5.74, 6) is -3.80. The van der Waals surface area contributed by atoms with Crippen LogP contribution in [0.4, 0.5) is 0 Å². The van der Waals surface area contributed by atoms with Crippen molar-refractivity contribution in [3.05, 3.63) is 36.0 Å². The van der Waals surface area contributed by atoms with Gasteiger partial charge >= 0.3 is 0 Å². The van der Waals surface area contributed by atoms with E-state index in [-0.39, 0.29) is 6.42 Å². The number of rotatable bonds is 9. The lowest BCUT2D eigenvalue weighted by molar-refractivity contribution is -0.310. The van der Waals surface area contributed by atoms with Crippen LogP contribution in [-0.2, 0) is 25.5 Å². The first-order valence-electron chi connectivity index (χ1n) is 10.2. The van der Waals surface area contributed by atoms with Crippen LogP contribution in [0.5, 0.6) is 0 Å². The Morgan fingerprint density at radius 3 is 2.42 bits per heavy atom. The van der Waals surface area contributed by atoms with Crippen molar-refractivity contribution in [3.8, 4) is 0 Å². The zero-order chi connectivity index (χ0) is 24.3. The number of carboxylic acid groups (broad SMARTS) is 2.